The lowest BCUT2D eigenvalue weighted by Gasteiger charge is -2.10. The van der Waals surface area contributed by atoms with Gasteiger partial charge in [0.05, 0.1) is 0 Å². The van der Waals surface area contributed by atoms with E-state index < -0.39 is 5.82 Å². The SMILES string of the molecule is CC(=O)c1ccc(-c2ncnc(Oc3cccc(F)c3)c2N)cc1. The summed E-state index contributed by atoms with van der Waals surface area (Å²) in [6.07, 6.45) is 1.32. The number of nitrogen functional groups attached to an aromatic ring is 1. The third-order valence-electron chi connectivity index (χ3n) is 3.42. The van der Waals surface area contributed by atoms with Crippen LogP contribution in [0.4, 0.5) is 10.1 Å². The molecule has 2 N–H and O–H groups in total. The highest BCUT2D eigenvalue weighted by molar-refractivity contribution is 5.94. The van der Waals surface area contributed by atoms with Gasteiger partial charge in [-0.3, -0.25) is 4.79 Å². The lowest BCUT2D eigenvalue weighted by atomic mass is 10.1. The molecule has 3 aromatic rings. The summed E-state index contributed by atoms with van der Waals surface area (Å²) >= 11 is 0. The number of rotatable bonds is 4. The Morgan fingerprint density at radius 3 is 2.54 bits per heavy atom. The van der Waals surface area contributed by atoms with Crippen LogP contribution < -0.4 is 10.5 Å². The van der Waals surface area contributed by atoms with Crippen LogP contribution in [0.15, 0.2) is 54.9 Å². The fraction of sp³-hybridized carbons (Fsp3) is 0.0556. The van der Waals surface area contributed by atoms with E-state index in [9.17, 15) is 9.18 Å². The summed E-state index contributed by atoms with van der Waals surface area (Å²) < 4.78 is 18.8. The van der Waals surface area contributed by atoms with E-state index in [0.717, 1.165) is 5.56 Å². The van der Waals surface area contributed by atoms with Crippen molar-refractivity contribution in [3.8, 4) is 22.9 Å². The van der Waals surface area contributed by atoms with E-state index in [1.54, 1.807) is 30.3 Å². The van der Waals surface area contributed by atoms with Crippen LogP contribution in [0.2, 0.25) is 0 Å². The Kier molecular flexibility index (Phi) is 4.20. The molecule has 0 bridgehead atoms. The summed E-state index contributed by atoms with van der Waals surface area (Å²) in [5.41, 5.74) is 8.13. The summed E-state index contributed by atoms with van der Waals surface area (Å²) in [7, 11) is 0. The number of nitrogens with zero attached hydrogens (tertiary/aromatic N) is 2. The molecule has 1 heterocycles. The molecule has 0 atom stereocenters. The fourth-order valence-corrected chi connectivity index (χ4v) is 2.20. The molecule has 0 saturated carbocycles. The van der Waals surface area contributed by atoms with Gasteiger partial charge in [0.15, 0.2) is 5.78 Å². The van der Waals surface area contributed by atoms with Gasteiger partial charge < -0.3 is 10.5 Å². The van der Waals surface area contributed by atoms with Gasteiger partial charge in [-0.25, -0.2) is 9.37 Å². The van der Waals surface area contributed by atoms with Crippen LogP contribution in [0, 0.1) is 5.82 Å². The monoisotopic (exact) mass is 323 g/mol. The topological polar surface area (TPSA) is 78.1 Å². The van der Waals surface area contributed by atoms with Crippen molar-refractivity contribution in [2.24, 2.45) is 0 Å². The van der Waals surface area contributed by atoms with E-state index in [1.807, 2.05) is 0 Å². The van der Waals surface area contributed by atoms with Crippen molar-refractivity contribution in [1.82, 2.24) is 9.97 Å². The molecule has 0 aliphatic rings. The zero-order valence-corrected chi connectivity index (χ0v) is 12.9. The molecule has 0 radical (unpaired) electrons. The number of hydrogen-bond donors (Lipinski definition) is 1. The maximum atomic E-state index is 13.2. The molecule has 3 rings (SSSR count). The average molecular weight is 323 g/mol. The highest BCUT2D eigenvalue weighted by atomic mass is 19.1. The number of aromatic nitrogens is 2. The number of halogens is 1. The first-order valence-electron chi connectivity index (χ1n) is 7.20. The van der Waals surface area contributed by atoms with Crippen LogP contribution in [0.1, 0.15) is 17.3 Å². The average Bonchev–Trinajstić information content (AvgIpc) is 2.57. The number of ether oxygens (including phenoxy) is 1. The van der Waals surface area contributed by atoms with Crippen molar-refractivity contribution in [2.75, 3.05) is 5.73 Å². The molecule has 24 heavy (non-hydrogen) atoms. The number of carbonyl (C=O) groups excluding carboxylic acids is 1. The van der Waals surface area contributed by atoms with Crippen LogP contribution in [0.3, 0.4) is 0 Å². The van der Waals surface area contributed by atoms with Gasteiger partial charge in [0.1, 0.15) is 29.3 Å². The first kappa shape index (κ1) is 15.6. The van der Waals surface area contributed by atoms with Crippen molar-refractivity contribution >= 4 is 11.5 Å². The van der Waals surface area contributed by atoms with Gasteiger partial charge in [-0.15, -0.1) is 0 Å². The van der Waals surface area contributed by atoms with Crippen LogP contribution in [-0.2, 0) is 0 Å². The quantitative estimate of drug-likeness (QED) is 0.738. The highest BCUT2D eigenvalue weighted by Crippen LogP contribution is 2.32. The van der Waals surface area contributed by atoms with E-state index in [-0.39, 0.29) is 17.4 Å². The van der Waals surface area contributed by atoms with E-state index >= 15 is 0 Å². The van der Waals surface area contributed by atoms with Crippen molar-refractivity contribution < 1.29 is 13.9 Å². The van der Waals surface area contributed by atoms with Crippen LogP contribution in [0.25, 0.3) is 11.3 Å². The lowest BCUT2D eigenvalue weighted by molar-refractivity contribution is 0.101. The van der Waals surface area contributed by atoms with Crippen LogP contribution >= 0.6 is 0 Å². The van der Waals surface area contributed by atoms with Gasteiger partial charge in [0, 0.05) is 17.2 Å². The number of anilines is 1. The minimum atomic E-state index is -0.417. The summed E-state index contributed by atoms with van der Waals surface area (Å²) in [4.78, 5) is 19.5. The van der Waals surface area contributed by atoms with Crippen LogP contribution in [0.5, 0.6) is 11.6 Å². The summed E-state index contributed by atoms with van der Waals surface area (Å²) in [6.45, 7) is 1.50. The number of nitrogens with two attached hydrogens (primary N) is 1. The Bertz CT molecular complexity index is 895. The van der Waals surface area contributed by atoms with E-state index in [1.165, 1.54) is 31.5 Å². The van der Waals surface area contributed by atoms with Gasteiger partial charge in [0.25, 0.3) is 0 Å². The number of hydrogen-bond acceptors (Lipinski definition) is 5. The second-order valence-corrected chi connectivity index (χ2v) is 5.13. The van der Waals surface area contributed by atoms with E-state index in [2.05, 4.69) is 9.97 Å². The maximum Gasteiger partial charge on any atom is 0.246 e. The second kappa shape index (κ2) is 6.45. The molecule has 0 saturated heterocycles. The Morgan fingerprint density at radius 2 is 1.88 bits per heavy atom. The second-order valence-electron chi connectivity index (χ2n) is 5.13. The summed E-state index contributed by atoms with van der Waals surface area (Å²) in [5, 5.41) is 0. The smallest absolute Gasteiger partial charge is 0.246 e. The highest BCUT2D eigenvalue weighted by Gasteiger charge is 2.13. The predicted octanol–water partition coefficient (Wildman–Crippen LogP) is 3.86. The maximum absolute atomic E-state index is 13.2. The van der Waals surface area contributed by atoms with Gasteiger partial charge in [-0.1, -0.05) is 30.3 Å². The minimum absolute atomic E-state index is 0.0210. The van der Waals surface area contributed by atoms with Crippen molar-refractivity contribution in [1.29, 1.82) is 0 Å². The molecule has 0 spiro atoms. The molecule has 1 aromatic heterocycles. The standard InChI is InChI=1S/C18H14FN3O2/c1-11(23)12-5-7-13(8-6-12)17-16(20)18(22-10-21-17)24-15-4-2-3-14(19)9-15/h2-10H,20H2,1H3. The number of ketones is 1. The lowest BCUT2D eigenvalue weighted by Crippen LogP contribution is -2.00. The third-order valence-corrected chi connectivity index (χ3v) is 3.42. The Morgan fingerprint density at radius 1 is 1.12 bits per heavy atom. The molecule has 6 heteroatoms. The van der Waals surface area contributed by atoms with E-state index in [0.29, 0.717) is 17.0 Å². The molecule has 120 valence electrons. The Labute approximate surface area is 137 Å². The zero-order chi connectivity index (χ0) is 17.1. The summed E-state index contributed by atoms with van der Waals surface area (Å²) in [6, 6.07) is 12.6. The summed E-state index contributed by atoms with van der Waals surface area (Å²) in [5.74, 6) is -0.00738. The Hall–Kier alpha value is -3.28. The normalized spacial score (nSPS) is 10.4. The van der Waals surface area contributed by atoms with Crippen molar-refractivity contribution in [2.45, 2.75) is 6.92 Å². The molecule has 0 aliphatic carbocycles. The Balaban J connectivity index is 1.94. The first-order valence-corrected chi connectivity index (χ1v) is 7.20. The molecule has 0 aliphatic heterocycles. The first-order chi connectivity index (χ1) is 11.5. The number of benzene rings is 2. The molecule has 0 unspecified atom stereocenters. The van der Waals surface area contributed by atoms with Gasteiger partial charge in [-0.2, -0.15) is 4.98 Å². The zero-order valence-electron chi connectivity index (χ0n) is 12.9. The molecule has 2 aromatic carbocycles. The van der Waals surface area contributed by atoms with Crippen LogP contribution in [-0.4, -0.2) is 15.8 Å². The minimum Gasteiger partial charge on any atom is -0.437 e. The van der Waals surface area contributed by atoms with Gasteiger partial charge in [-0.05, 0) is 19.1 Å². The molecule has 0 amide bonds. The van der Waals surface area contributed by atoms with Crippen molar-refractivity contribution in [3.05, 3.63) is 66.2 Å². The molecular weight excluding hydrogens is 309 g/mol. The number of Topliss-reactive ketones (excluding diaryl/α,β-unsaturated/α-hetero) is 1. The van der Waals surface area contributed by atoms with Crippen molar-refractivity contribution in [3.63, 3.8) is 0 Å². The van der Waals surface area contributed by atoms with E-state index in [4.69, 9.17) is 10.5 Å². The number of carbonyl (C=O) groups is 1. The predicted molar refractivity (Wildman–Crippen MR) is 88.4 cm³/mol. The third kappa shape index (κ3) is 3.22. The molecule has 0 fully saturated rings. The van der Waals surface area contributed by atoms with Gasteiger partial charge >= 0.3 is 0 Å². The molecular formula is C18H14FN3O2. The largest absolute Gasteiger partial charge is 0.437 e. The molecule has 5 nitrogen and oxygen atoms in total. The fourth-order valence-electron chi connectivity index (χ4n) is 2.20. The van der Waals surface area contributed by atoms with Gasteiger partial charge in [0.2, 0.25) is 5.88 Å².